The summed E-state index contributed by atoms with van der Waals surface area (Å²) in [6.07, 6.45) is 2.35. The van der Waals surface area contributed by atoms with Gasteiger partial charge in [-0.15, -0.1) is 0 Å². The van der Waals surface area contributed by atoms with Gasteiger partial charge >= 0.3 is 5.97 Å². The van der Waals surface area contributed by atoms with Crippen molar-refractivity contribution in [3.8, 4) is 0 Å². The molecule has 0 bridgehead atoms. The first-order valence-corrected chi connectivity index (χ1v) is 7.46. The highest BCUT2D eigenvalue weighted by molar-refractivity contribution is 7.89. The SMILES string of the molecule is CNC(=O)CNS(=O)(=O)c1ccc(C=CC(=O)O)c(C)c1. The Morgan fingerprint density at radius 3 is 2.52 bits per heavy atom. The molecule has 1 amide bonds. The number of amides is 1. The van der Waals surface area contributed by atoms with Crippen LogP contribution in [0.15, 0.2) is 29.2 Å². The Morgan fingerprint density at radius 1 is 1.33 bits per heavy atom. The molecule has 8 heteroatoms. The molecular weight excluding hydrogens is 296 g/mol. The van der Waals surface area contributed by atoms with Crippen molar-refractivity contribution in [3.63, 3.8) is 0 Å². The van der Waals surface area contributed by atoms with Gasteiger partial charge in [0.15, 0.2) is 0 Å². The van der Waals surface area contributed by atoms with Gasteiger partial charge in [-0.05, 0) is 36.3 Å². The van der Waals surface area contributed by atoms with E-state index >= 15 is 0 Å². The second kappa shape index (κ2) is 7.00. The Hall–Kier alpha value is -2.19. The third-order valence-corrected chi connectivity index (χ3v) is 4.06. The average Bonchev–Trinajstić information content (AvgIpc) is 2.43. The summed E-state index contributed by atoms with van der Waals surface area (Å²) in [7, 11) is -2.38. The zero-order valence-electron chi connectivity index (χ0n) is 11.6. The fraction of sp³-hybridized carbons (Fsp3) is 0.231. The molecule has 0 unspecified atom stereocenters. The number of hydrogen-bond acceptors (Lipinski definition) is 4. The number of rotatable bonds is 6. The number of aliphatic carboxylic acids is 1. The topological polar surface area (TPSA) is 113 Å². The maximum Gasteiger partial charge on any atom is 0.328 e. The predicted molar refractivity (Wildman–Crippen MR) is 77.1 cm³/mol. The Labute approximate surface area is 122 Å². The number of carboxylic acids is 1. The van der Waals surface area contributed by atoms with Gasteiger partial charge in [-0.25, -0.2) is 17.9 Å². The maximum atomic E-state index is 12.0. The molecule has 0 saturated heterocycles. The van der Waals surface area contributed by atoms with Crippen LogP contribution in [0.25, 0.3) is 6.08 Å². The molecule has 0 atom stereocenters. The fourth-order valence-electron chi connectivity index (χ4n) is 1.50. The quantitative estimate of drug-likeness (QED) is 0.646. The number of carbonyl (C=O) groups excluding carboxylic acids is 1. The molecule has 114 valence electrons. The molecule has 0 aliphatic heterocycles. The lowest BCUT2D eigenvalue weighted by Crippen LogP contribution is -2.35. The fourth-order valence-corrected chi connectivity index (χ4v) is 2.56. The normalized spacial score (nSPS) is 11.5. The van der Waals surface area contributed by atoms with E-state index in [0.29, 0.717) is 11.1 Å². The Balaban J connectivity index is 2.97. The van der Waals surface area contributed by atoms with Crippen LogP contribution in [0, 0.1) is 6.92 Å². The molecule has 3 N–H and O–H groups in total. The second-order valence-electron chi connectivity index (χ2n) is 4.19. The smallest absolute Gasteiger partial charge is 0.328 e. The van der Waals surface area contributed by atoms with Crippen molar-refractivity contribution in [2.45, 2.75) is 11.8 Å². The van der Waals surface area contributed by atoms with E-state index in [1.165, 1.54) is 31.3 Å². The lowest BCUT2D eigenvalue weighted by molar-refractivity contribution is -0.131. The molecule has 1 aromatic rings. The highest BCUT2D eigenvalue weighted by Gasteiger charge is 2.15. The van der Waals surface area contributed by atoms with Crippen molar-refractivity contribution in [1.82, 2.24) is 10.0 Å². The van der Waals surface area contributed by atoms with Gasteiger partial charge in [0.1, 0.15) is 0 Å². The highest BCUT2D eigenvalue weighted by Crippen LogP contribution is 2.16. The number of hydrogen-bond donors (Lipinski definition) is 3. The first-order valence-electron chi connectivity index (χ1n) is 5.98. The summed E-state index contributed by atoms with van der Waals surface area (Å²) in [4.78, 5) is 21.5. The summed E-state index contributed by atoms with van der Waals surface area (Å²) >= 11 is 0. The van der Waals surface area contributed by atoms with Gasteiger partial charge in [0.2, 0.25) is 15.9 Å². The van der Waals surface area contributed by atoms with Crippen molar-refractivity contribution in [2.24, 2.45) is 0 Å². The first-order chi connectivity index (χ1) is 9.76. The third-order valence-electron chi connectivity index (χ3n) is 2.66. The number of benzene rings is 1. The van der Waals surface area contributed by atoms with Gasteiger partial charge in [-0.2, -0.15) is 0 Å². The van der Waals surface area contributed by atoms with E-state index in [2.05, 4.69) is 10.0 Å². The molecule has 0 aliphatic rings. The number of nitrogens with one attached hydrogen (secondary N) is 2. The van der Waals surface area contributed by atoms with Crippen molar-refractivity contribution in [3.05, 3.63) is 35.4 Å². The number of carbonyl (C=O) groups is 2. The van der Waals surface area contributed by atoms with Gasteiger partial charge in [0.05, 0.1) is 11.4 Å². The van der Waals surface area contributed by atoms with Gasteiger partial charge < -0.3 is 10.4 Å². The molecule has 7 nitrogen and oxygen atoms in total. The summed E-state index contributed by atoms with van der Waals surface area (Å²) in [6.45, 7) is 1.32. The summed E-state index contributed by atoms with van der Waals surface area (Å²) in [5, 5.41) is 10.9. The number of likely N-dealkylation sites (N-methyl/N-ethyl adjacent to an activating group) is 1. The molecule has 1 rings (SSSR count). The molecule has 21 heavy (non-hydrogen) atoms. The van der Waals surface area contributed by atoms with E-state index in [4.69, 9.17) is 5.11 Å². The van der Waals surface area contributed by atoms with Crippen molar-refractivity contribution < 1.29 is 23.1 Å². The Bertz CT molecular complexity index is 680. The standard InChI is InChI=1S/C13H16N2O5S/c1-9-7-11(5-3-10(9)4-6-13(17)18)21(19,20)15-8-12(16)14-2/h3-7,15H,8H2,1-2H3,(H,14,16)(H,17,18). The minimum absolute atomic E-state index is 0.0105. The predicted octanol–water partition coefficient (Wildman–Crippen LogP) is 0.117. The first kappa shape index (κ1) is 16.9. The van der Waals surface area contributed by atoms with E-state index in [1.807, 2.05) is 0 Å². The van der Waals surface area contributed by atoms with Crippen molar-refractivity contribution in [2.75, 3.05) is 13.6 Å². The number of sulfonamides is 1. The van der Waals surface area contributed by atoms with E-state index in [1.54, 1.807) is 6.92 Å². The highest BCUT2D eigenvalue weighted by atomic mass is 32.2. The summed E-state index contributed by atoms with van der Waals surface area (Å²) in [6, 6.07) is 4.26. The van der Waals surface area contributed by atoms with E-state index < -0.39 is 21.9 Å². The van der Waals surface area contributed by atoms with Crippen LogP contribution < -0.4 is 10.0 Å². The Morgan fingerprint density at radius 2 is 2.00 bits per heavy atom. The Kier molecular flexibility index (Phi) is 5.62. The van der Waals surface area contributed by atoms with Crippen LogP contribution in [0.5, 0.6) is 0 Å². The molecule has 0 saturated carbocycles. The molecule has 0 spiro atoms. The summed E-state index contributed by atoms with van der Waals surface area (Å²) in [5.74, 6) is -1.53. The molecule has 0 fully saturated rings. The van der Waals surface area contributed by atoms with E-state index in [0.717, 1.165) is 6.08 Å². The molecule has 0 radical (unpaired) electrons. The van der Waals surface area contributed by atoms with Crippen LogP contribution in [0.2, 0.25) is 0 Å². The number of aryl methyl sites for hydroxylation is 1. The minimum Gasteiger partial charge on any atom is -0.478 e. The van der Waals surface area contributed by atoms with Crippen LogP contribution in [0.4, 0.5) is 0 Å². The zero-order valence-corrected chi connectivity index (χ0v) is 12.4. The van der Waals surface area contributed by atoms with Crippen LogP contribution in [-0.4, -0.2) is 39.0 Å². The van der Waals surface area contributed by atoms with Crippen LogP contribution in [-0.2, 0) is 19.6 Å². The minimum atomic E-state index is -3.79. The number of carboxylic acid groups (broad SMARTS) is 1. The molecule has 0 aliphatic carbocycles. The third kappa shape index (κ3) is 5.01. The van der Waals surface area contributed by atoms with Crippen molar-refractivity contribution >= 4 is 28.0 Å². The van der Waals surface area contributed by atoms with Crippen molar-refractivity contribution in [1.29, 1.82) is 0 Å². The summed E-state index contributed by atoms with van der Waals surface area (Å²) < 4.78 is 26.1. The van der Waals surface area contributed by atoms with Gasteiger partial charge in [-0.3, -0.25) is 4.79 Å². The molecule has 1 aromatic carbocycles. The van der Waals surface area contributed by atoms with Gasteiger partial charge in [0.25, 0.3) is 0 Å². The lowest BCUT2D eigenvalue weighted by Gasteiger charge is -2.08. The molecule has 0 aromatic heterocycles. The molecule has 0 heterocycles. The molecular formula is C13H16N2O5S. The summed E-state index contributed by atoms with van der Waals surface area (Å²) in [5.41, 5.74) is 1.21. The second-order valence-corrected chi connectivity index (χ2v) is 5.95. The maximum absolute atomic E-state index is 12.0. The lowest BCUT2D eigenvalue weighted by atomic mass is 10.1. The van der Waals surface area contributed by atoms with Crippen LogP contribution in [0.3, 0.4) is 0 Å². The monoisotopic (exact) mass is 312 g/mol. The van der Waals surface area contributed by atoms with Gasteiger partial charge in [-0.1, -0.05) is 6.07 Å². The van der Waals surface area contributed by atoms with Crippen LogP contribution in [0.1, 0.15) is 11.1 Å². The van der Waals surface area contributed by atoms with E-state index in [9.17, 15) is 18.0 Å². The van der Waals surface area contributed by atoms with E-state index in [-0.39, 0.29) is 11.4 Å². The average molecular weight is 312 g/mol. The van der Waals surface area contributed by atoms with Gasteiger partial charge in [0, 0.05) is 13.1 Å². The largest absolute Gasteiger partial charge is 0.478 e. The zero-order chi connectivity index (χ0) is 16.0. The van der Waals surface area contributed by atoms with Crippen LogP contribution >= 0.6 is 0 Å².